The number of aliphatic hydroxyl groups is 7. The van der Waals surface area contributed by atoms with E-state index in [0.29, 0.717) is 25.7 Å². The molecule has 0 bridgehead atoms. The smallest absolute Gasteiger partial charge is 0.187 e. The van der Waals surface area contributed by atoms with Crippen LogP contribution in [0.25, 0.3) is 0 Å². The molecule has 45 heavy (non-hydrogen) atoms. The van der Waals surface area contributed by atoms with E-state index >= 15 is 0 Å². The van der Waals surface area contributed by atoms with Crippen molar-refractivity contribution < 1.29 is 45.2 Å². The first-order valence-electron chi connectivity index (χ1n) is 17.2. The van der Waals surface area contributed by atoms with E-state index in [4.69, 9.17) is 9.47 Å². The Bertz CT molecular complexity index is 1160. The molecule has 258 valence electrons. The Kier molecular flexibility index (Phi) is 9.38. The summed E-state index contributed by atoms with van der Waals surface area (Å²) >= 11 is 0. The van der Waals surface area contributed by atoms with Gasteiger partial charge in [0.15, 0.2) is 6.29 Å². The SMILES string of the molecule is CC(C)=CCC[C@](C)(O[C@H]1O[C@@H](CO)[C@H](O)[C@@H](O)[C@@H]1O)[C@@H]1CC[C@]2(C)[C@@H]1[C@H](O)C[C@H]1[C@]2(C)[C@@H](O)C=C2C(C)(C)[C@@H](O)CC[C@]21C. The van der Waals surface area contributed by atoms with Crippen LogP contribution < -0.4 is 0 Å². The molecule has 9 heteroatoms. The Morgan fingerprint density at radius 1 is 0.978 bits per heavy atom. The molecule has 4 aliphatic carbocycles. The molecule has 0 spiro atoms. The molecule has 0 radical (unpaired) electrons. The summed E-state index contributed by atoms with van der Waals surface area (Å²) < 4.78 is 12.5. The maximum absolute atomic E-state index is 12.2. The van der Waals surface area contributed by atoms with Crippen LogP contribution in [0.1, 0.15) is 100 Å². The van der Waals surface area contributed by atoms with Crippen LogP contribution in [0.15, 0.2) is 23.3 Å². The number of aliphatic hydroxyl groups excluding tert-OH is 7. The van der Waals surface area contributed by atoms with Gasteiger partial charge in [0.2, 0.25) is 0 Å². The first-order chi connectivity index (χ1) is 20.8. The van der Waals surface area contributed by atoms with Crippen molar-refractivity contribution in [1.29, 1.82) is 0 Å². The Labute approximate surface area is 269 Å². The van der Waals surface area contributed by atoms with Crippen LogP contribution >= 0.6 is 0 Å². The van der Waals surface area contributed by atoms with Crippen LogP contribution in [0.3, 0.4) is 0 Å². The average molecular weight is 637 g/mol. The first kappa shape index (κ1) is 35.4. The minimum atomic E-state index is -1.55. The number of hydrogen-bond acceptors (Lipinski definition) is 9. The summed E-state index contributed by atoms with van der Waals surface area (Å²) in [5, 5.41) is 77.0. The van der Waals surface area contributed by atoms with Crippen molar-refractivity contribution in [3.63, 3.8) is 0 Å². The van der Waals surface area contributed by atoms with E-state index in [1.165, 1.54) is 0 Å². The van der Waals surface area contributed by atoms with Gasteiger partial charge in [-0.15, -0.1) is 0 Å². The lowest BCUT2D eigenvalue weighted by Gasteiger charge is -2.69. The summed E-state index contributed by atoms with van der Waals surface area (Å²) in [4.78, 5) is 0. The van der Waals surface area contributed by atoms with Crippen LogP contribution in [0.4, 0.5) is 0 Å². The summed E-state index contributed by atoms with van der Waals surface area (Å²) in [6, 6.07) is 0. The highest BCUT2D eigenvalue weighted by molar-refractivity contribution is 5.36. The highest BCUT2D eigenvalue weighted by Gasteiger charge is 2.72. The van der Waals surface area contributed by atoms with E-state index in [1.54, 1.807) is 0 Å². The van der Waals surface area contributed by atoms with Crippen molar-refractivity contribution in [2.45, 2.75) is 155 Å². The van der Waals surface area contributed by atoms with Gasteiger partial charge in [-0.05, 0) is 94.3 Å². The first-order valence-corrected chi connectivity index (χ1v) is 17.2. The predicted octanol–water partition coefficient (Wildman–Crippen LogP) is 3.22. The molecule has 3 saturated carbocycles. The topological polar surface area (TPSA) is 160 Å². The molecule has 0 unspecified atom stereocenters. The maximum Gasteiger partial charge on any atom is 0.187 e. The lowest BCUT2D eigenvalue weighted by Crippen LogP contribution is -2.68. The third kappa shape index (κ3) is 5.23. The fourth-order valence-electron chi connectivity index (χ4n) is 11.1. The zero-order valence-electron chi connectivity index (χ0n) is 28.6. The van der Waals surface area contributed by atoms with E-state index in [0.717, 1.165) is 30.4 Å². The molecule has 1 heterocycles. The van der Waals surface area contributed by atoms with Gasteiger partial charge in [0.1, 0.15) is 24.4 Å². The van der Waals surface area contributed by atoms with Crippen molar-refractivity contribution in [3.05, 3.63) is 23.3 Å². The molecule has 0 aromatic rings. The summed E-state index contributed by atoms with van der Waals surface area (Å²) in [5.74, 6) is -0.385. The van der Waals surface area contributed by atoms with Gasteiger partial charge in [-0.1, -0.05) is 57.9 Å². The van der Waals surface area contributed by atoms with E-state index in [-0.39, 0.29) is 23.2 Å². The molecule has 9 nitrogen and oxygen atoms in total. The lowest BCUT2D eigenvalue weighted by molar-refractivity contribution is -0.336. The summed E-state index contributed by atoms with van der Waals surface area (Å²) in [6.07, 6.45) is 0.100. The van der Waals surface area contributed by atoms with E-state index in [9.17, 15) is 35.7 Å². The van der Waals surface area contributed by atoms with Crippen LogP contribution in [0, 0.1) is 39.4 Å². The zero-order chi connectivity index (χ0) is 33.5. The molecule has 1 aliphatic heterocycles. The third-order valence-electron chi connectivity index (χ3n) is 14.0. The Hall–Kier alpha value is -0.880. The molecule has 15 atom stereocenters. The predicted molar refractivity (Wildman–Crippen MR) is 170 cm³/mol. The van der Waals surface area contributed by atoms with Crippen molar-refractivity contribution in [2.24, 2.45) is 39.4 Å². The minimum Gasteiger partial charge on any atom is -0.394 e. The molecule has 4 fully saturated rings. The van der Waals surface area contributed by atoms with E-state index < -0.39 is 77.5 Å². The molecular weight excluding hydrogens is 576 g/mol. The van der Waals surface area contributed by atoms with Crippen molar-refractivity contribution in [3.8, 4) is 0 Å². The summed E-state index contributed by atoms with van der Waals surface area (Å²) in [7, 11) is 0. The molecule has 7 N–H and O–H groups in total. The zero-order valence-corrected chi connectivity index (χ0v) is 28.6. The Balaban J connectivity index is 1.54. The highest BCUT2D eigenvalue weighted by atomic mass is 16.7. The third-order valence-corrected chi connectivity index (χ3v) is 14.0. The van der Waals surface area contributed by atoms with Gasteiger partial charge < -0.3 is 45.2 Å². The van der Waals surface area contributed by atoms with Gasteiger partial charge in [-0.2, -0.15) is 0 Å². The van der Waals surface area contributed by atoms with Gasteiger partial charge in [0.05, 0.1) is 30.5 Å². The second-order valence-corrected chi connectivity index (χ2v) is 16.9. The largest absolute Gasteiger partial charge is 0.394 e. The molecule has 0 aromatic carbocycles. The highest BCUT2D eigenvalue weighted by Crippen LogP contribution is 2.74. The number of rotatable bonds is 7. The molecule has 0 amide bonds. The van der Waals surface area contributed by atoms with E-state index in [1.807, 2.05) is 26.8 Å². The van der Waals surface area contributed by atoms with Crippen molar-refractivity contribution in [1.82, 2.24) is 0 Å². The minimum absolute atomic E-state index is 0.00470. The Morgan fingerprint density at radius 2 is 1.64 bits per heavy atom. The van der Waals surface area contributed by atoms with Crippen molar-refractivity contribution in [2.75, 3.05) is 6.61 Å². The van der Waals surface area contributed by atoms with Gasteiger partial charge in [0, 0.05) is 10.8 Å². The van der Waals surface area contributed by atoms with Gasteiger partial charge >= 0.3 is 0 Å². The standard InChI is InChI=1S/C36H60O9/c1-19(2)10-9-13-35(7,45-31-30(43)29(42)28(41)22(18-37)44-31)20-11-15-34(6)27(20)21(38)16-24-33(5)14-12-25(39)32(3,4)23(33)17-26(40)36(24,34)8/h10,17,20-22,24-31,37-43H,9,11-16,18H2,1-8H3/t20-,21-,22+,24-,25+,26+,27+,28+,29-,30+,31-,33-,34-,35+,36-/m1/s1. The van der Waals surface area contributed by atoms with Gasteiger partial charge in [-0.3, -0.25) is 0 Å². The molecule has 0 aromatic heterocycles. The number of ether oxygens (including phenoxy) is 2. The van der Waals surface area contributed by atoms with E-state index in [2.05, 4.69) is 40.7 Å². The van der Waals surface area contributed by atoms with Crippen molar-refractivity contribution >= 4 is 0 Å². The summed E-state index contributed by atoms with van der Waals surface area (Å²) in [6.45, 7) is 16.4. The fourth-order valence-corrected chi connectivity index (χ4v) is 11.1. The molecule has 1 saturated heterocycles. The number of fused-ring (bicyclic) bond motifs is 5. The average Bonchev–Trinajstić information content (AvgIpc) is 3.35. The fraction of sp³-hybridized carbons (Fsp3) is 0.889. The van der Waals surface area contributed by atoms with Gasteiger partial charge in [-0.25, -0.2) is 0 Å². The molecule has 5 aliphatic rings. The van der Waals surface area contributed by atoms with Crippen LogP contribution in [-0.2, 0) is 9.47 Å². The molecular formula is C36H60O9. The number of allylic oxidation sites excluding steroid dienone is 2. The summed E-state index contributed by atoms with van der Waals surface area (Å²) in [5.41, 5.74) is -0.398. The maximum atomic E-state index is 12.2. The normalized spacial score (nSPS) is 50.5. The number of hydrogen-bond donors (Lipinski definition) is 7. The lowest BCUT2D eigenvalue weighted by atomic mass is 9.37. The van der Waals surface area contributed by atoms with Crippen LogP contribution in [-0.4, -0.2) is 97.0 Å². The molecule has 5 rings (SSSR count). The quantitative estimate of drug-likeness (QED) is 0.208. The van der Waals surface area contributed by atoms with Crippen LogP contribution in [0.5, 0.6) is 0 Å². The second kappa shape index (κ2) is 11.9. The monoisotopic (exact) mass is 636 g/mol. The van der Waals surface area contributed by atoms with Gasteiger partial charge in [0.25, 0.3) is 0 Å². The van der Waals surface area contributed by atoms with Crippen LogP contribution in [0.2, 0.25) is 0 Å². The Morgan fingerprint density at radius 3 is 2.27 bits per heavy atom. The second-order valence-electron chi connectivity index (χ2n) is 16.9.